The Morgan fingerprint density at radius 3 is 1.43 bits per heavy atom. The van der Waals surface area contributed by atoms with Crippen LogP contribution in [0.4, 0.5) is 57.1 Å². The lowest BCUT2D eigenvalue weighted by Crippen LogP contribution is -2.21. The van der Waals surface area contributed by atoms with Crippen molar-refractivity contribution in [2.75, 3.05) is 0 Å². The Kier molecular flexibility index (Phi) is 11.5. The number of alkyl halides is 9. The van der Waals surface area contributed by atoms with E-state index in [9.17, 15) is 57.1 Å². The van der Waals surface area contributed by atoms with Crippen LogP contribution >= 0.6 is 10.5 Å². The maximum atomic E-state index is 13.3. The van der Waals surface area contributed by atoms with Crippen LogP contribution in [0.1, 0.15) is 16.8 Å². The van der Waals surface area contributed by atoms with Gasteiger partial charge in [0, 0.05) is 40.1 Å². The molecule has 3 aromatic heterocycles. The Bertz CT molecular complexity index is 2460. The third kappa shape index (κ3) is 9.05. The molecule has 7 aromatic rings. The summed E-state index contributed by atoms with van der Waals surface area (Å²) >= 11 is 0. The Morgan fingerprint density at radius 1 is 0.623 bits per heavy atom. The molecule has 0 aliphatic heterocycles. The first-order valence-electron chi connectivity index (χ1n) is 14.3. The molecule has 0 saturated carbocycles. The van der Waals surface area contributed by atoms with Crippen LogP contribution in [0, 0.1) is 37.1 Å². The van der Waals surface area contributed by atoms with Gasteiger partial charge in [-0.05, 0) is 49.2 Å². The van der Waals surface area contributed by atoms with Crippen LogP contribution in [0.25, 0.3) is 42.0 Å². The molecule has 53 heavy (non-hydrogen) atoms. The van der Waals surface area contributed by atoms with Crippen molar-refractivity contribution < 1.29 is 70.0 Å². The first kappa shape index (κ1) is 40.9. The Labute approximate surface area is 292 Å². The normalized spacial score (nSPS) is 12.3. The minimum atomic E-state index is -6.09. The highest BCUT2D eigenvalue weighted by Gasteiger charge is 2.48. The van der Waals surface area contributed by atoms with Crippen LogP contribution in [0.3, 0.4) is 0 Å². The van der Waals surface area contributed by atoms with Gasteiger partial charge in [-0.3, -0.25) is 0 Å². The van der Waals surface area contributed by atoms with E-state index in [0.29, 0.717) is 35.2 Å². The number of aromatic nitrogens is 2. The fraction of sp³-hybridized carbons (Fsp3) is 0.152. The van der Waals surface area contributed by atoms with Gasteiger partial charge in [0.15, 0.2) is 42.8 Å². The lowest BCUT2D eigenvalue weighted by Gasteiger charge is -2.08. The average Bonchev–Trinajstić information content (AvgIpc) is 3.69. The zero-order valence-corrected chi connectivity index (χ0v) is 28.1. The summed E-state index contributed by atoms with van der Waals surface area (Å²) in [6.07, 6.45) is -2.27. The smallest absolute Gasteiger partial charge is 0.601 e. The van der Waals surface area contributed by atoms with Crippen molar-refractivity contribution in [1.82, 2.24) is 9.97 Å². The van der Waals surface area contributed by atoms with E-state index in [4.69, 9.17) is 13.0 Å². The number of aromatic amines is 2. The first-order valence-corrected chi connectivity index (χ1v) is 16.9. The van der Waals surface area contributed by atoms with E-state index in [1.807, 2.05) is 12.3 Å². The van der Waals surface area contributed by atoms with Gasteiger partial charge in [-0.25, -0.2) is 26.0 Å². The SMILES string of the molecule is Cc1c(C(F)(F)F)[nH]c2ccccc12.Cc1c[nH]c2ccccc12.Fc1cc2c3cc(F)c(F)cc3[s+](C(F)(F)F)c2cc1F.O=S(=O)([O-])C(F)(F)F. The Hall–Kier alpha value is -4.82. The van der Waals surface area contributed by atoms with E-state index in [1.54, 1.807) is 24.3 Å². The van der Waals surface area contributed by atoms with E-state index < -0.39 is 76.1 Å². The van der Waals surface area contributed by atoms with E-state index in [0.717, 1.165) is 0 Å². The molecule has 0 saturated heterocycles. The van der Waals surface area contributed by atoms with Crippen LogP contribution in [0.5, 0.6) is 0 Å². The third-order valence-electron chi connectivity index (χ3n) is 7.34. The summed E-state index contributed by atoms with van der Waals surface area (Å²) in [6.45, 7) is 3.58. The lowest BCUT2D eigenvalue weighted by atomic mass is 10.1. The highest BCUT2D eigenvalue weighted by molar-refractivity contribution is 7.86. The standard InChI is InChI=1S/C13H4F7S.C10H8F3N.C9H9N.CHF3O3S/c14-7-1-5-6-2-8(15)10(17)4-12(6)21(13(18,19)20)11(5)3-9(7)16;1-6-7-4-2-3-5-8(7)14-9(6)10(11,12)13;1-7-6-10-9-5-3-2-4-8(7)9;2-1(3,4)8(5,6)7/h1-4H;2-5,14H,1H3;2-6,10H,1H3;(H,5,6,7)/q+1;;;/p-1. The molecule has 0 unspecified atom stereocenters. The quantitative estimate of drug-likeness (QED) is 0.0692. The predicted molar refractivity (Wildman–Crippen MR) is 172 cm³/mol. The van der Waals surface area contributed by atoms with E-state index in [-0.39, 0.29) is 16.3 Å². The number of benzene rings is 4. The van der Waals surface area contributed by atoms with Crippen molar-refractivity contribution >= 4 is 62.6 Å². The average molecular weight is 805 g/mol. The summed E-state index contributed by atoms with van der Waals surface area (Å²) in [4.78, 5) is 5.57. The van der Waals surface area contributed by atoms with Gasteiger partial charge in [0.1, 0.15) is 16.2 Å². The molecule has 0 bridgehead atoms. The Morgan fingerprint density at radius 2 is 1.04 bits per heavy atom. The van der Waals surface area contributed by atoms with Gasteiger partial charge in [0.05, 0.1) is 10.8 Å². The fourth-order valence-electron chi connectivity index (χ4n) is 4.97. The summed E-state index contributed by atoms with van der Waals surface area (Å²) in [6, 6.07) is 17.0. The molecule has 0 aliphatic rings. The van der Waals surface area contributed by atoms with Gasteiger partial charge in [-0.1, -0.05) is 36.4 Å². The molecule has 0 aliphatic carbocycles. The molecule has 0 amide bonds. The molecule has 20 heteroatoms. The second-order valence-corrected chi connectivity index (χ2v) is 14.2. The molecule has 2 N–H and O–H groups in total. The number of nitrogens with one attached hydrogen (secondary N) is 2. The number of H-pyrrole nitrogens is 2. The van der Waals surface area contributed by atoms with Gasteiger partial charge in [0.25, 0.3) is 0 Å². The zero-order chi connectivity index (χ0) is 39.8. The molecule has 7 rings (SSSR count). The highest BCUT2D eigenvalue weighted by atomic mass is 32.2. The van der Waals surface area contributed by atoms with Gasteiger partial charge in [0.2, 0.25) is 0 Å². The molecule has 3 heterocycles. The molecule has 0 fully saturated rings. The van der Waals surface area contributed by atoms with Crippen molar-refractivity contribution in [3.63, 3.8) is 0 Å². The lowest BCUT2D eigenvalue weighted by molar-refractivity contribution is -0.141. The number of halogens is 13. The number of para-hydroxylation sites is 2. The van der Waals surface area contributed by atoms with Crippen molar-refractivity contribution in [2.24, 2.45) is 0 Å². The molecule has 5 nitrogen and oxygen atoms in total. The second kappa shape index (κ2) is 14.9. The number of aryl methyl sites for hydroxylation is 2. The van der Waals surface area contributed by atoms with E-state index in [1.165, 1.54) is 23.4 Å². The predicted octanol–water partition coefficient (Wildman–Crippen LogP) is 11.8. The monoisotopic (exact) mass is 804 g/mol. The number of hydrogen-bond acceptors (Lipinski definition) is 3. The first-order chi connectivity index (χ1) is 24.3. The molecule has 0 atom stereocenters. The summed E-state index contributed by atoms with van der Waals surface area (Å²) in [5.41, 5.74) is -7.79. The summed E-state index contributed by atoms with van der Waals surface area (Å²) in [5, 5.41) is 1.40. The maximum absolute atomic E-state index is 13.3. The summed E-state index contributed by atoms with van der Waals surface area (Å²) < 4.78 is 188. The van der Waals surface area contributed by atoms with Crippen LogP contribution in [0.15, 0.2) is 79.0 Å². The number of fused-ring (bicyclic) bond motifs is 5. The van der Waals surface area contributed by atoms with Gasteiger partial charge in [-0.2, -0.15) is 26.3 Å². The van der Waals surface area contributed by atoms with Crippen molar-refractivity contribution in [1.29, 1.82) is 0 Å². The number of thiophene rings is 1. The van der Waals surface area contributed by atoms with Crippen LogP contribution in [-0.4, -0.2) is 28.4 Å². The van der Waals surface area contributed by atoms with E-state index in [2.05, 4.69) is 35.1 Å². The topological polar surface area (TPSA) is 88.8 Å². The molecule has 0 radical (unpaired) electrons. The fourth-order valence-corrected chi connectivity index (χ4v) is 6.92. The largest absolute Gasteiger partial charge is 0.741 e. The summed E-state index contributed by atoms with van der Waals surface area (Å²) in [5.74, 6) is -5.58. The number of hydrogen-bond donors (Lipinski definition) is 2. The van der Waals surface area contributed by atoms with Crippen molar-refractivity contribution in [3.05, 3.63) is 119 Å². The number of rotatable bonds is 0. The minimum absolute atomic E-state index is 0.258. The van der Waals surface area contributed by atoms with Gasteiger partial charge < -0.3 is 14.5 Å². The molecular weight excluding hydrogens is 783 g/mol. The molecule has 4 aromatic carbocycles. The highest BCUT2D eigenvalue weighted by Crippen LogP contribution is 2.54. The third-order valence-corrected chi connectivity index (χ3v) is 9.92. The van der Waals surface area contributed by atoms with Crippen molar-refractivity contribution in [3.8, 4) is 0 Å². The second-order valence-electron chi connectivity index (χ2n) is 10.9. The van der Waals surface area contributed by atoms with Gasteiger partial charge in [-0.15, -0.1) is 13.2 Å². The minimum Gasteiger partial charge on any atom is -0.741 e. The van der Waals surface area contributed by atoms with Crippen LogP contribution in [-0.2, 0) is 21.8 Å². The van der Waals surface area contributed by atoms with Crippen LogP contribution < -0.4 is 0 Å². The van der Waals surface area contributed by atoms with E-state index >= 15 is 0 Å². The molecule has 284 valence electrons. The molecular formula is C33H21F13N2O3S2. The van der Waals surface area contributed by atoms with Crippen LogP contribution in [0.2, 0.25) is 0 Å². The maximum Gasteiger partial charge on any atom is 0.601 e. The zero-order valence-electron chi connectivity index (χ0n) is 26.5. The van der Waals surface area contributed by atoms with Gasteiger partial charge >= 0.3 is 17.2 Å². The Balaban J connectivity index is 0.000000170. The van der Waals surface area contributed by atoms with Crippen molar-refractivity contribution in [2.45, 2.75) is 31.0 Å². The molecule has 0 spiro atoms. The summed E-state index contributed by atoms with van der Waals surface area (Å²) in [7, 11) is -8.74.